The van der Waals surface area contributed by atoms with Crippen molar-refractivity contribution in [2.24, 2.45) is 7.05 Å². The van der Waals surface area contributed by atoms with Gasteiger partial charge in [0.1, 0.15) is 17.5 Å². The van der Waals surface area contributed by atoms with E-state index in [0.717, 1.165) is 16.9 Å². The molecule has 1 aromatic heterocycles. The lowest BCUT2D eigenvalue weighted by atomic mass is 10.0. The maximum Gasteiger partial charge on any atom is 0.226 e. The van der Waals surface area contributed by atoms with Gasteiger partial charge in [-0.25, -0.2) is 4.98 Å². The number of benzene rings is 3. The summed E-state index contributed by atoms with van der Waals surface area (Å²) in [6.07, 6.45) is 3.67. The maximum absolute atomic E-state index is 13.2. The number of carbonyl (C=O) groups is 2. The van der Waals surface area contributed by atoms with Gasteiger partial charge in [-0.05, 0) is 35.4 Å². The lowest BCUT2D eigenvalue weighted by Crippen LogP contribution is -2.45. The van der Waals surface area contributed by atoms with Crippen LogP contribution in [-0.4, -0.2) is 33.9 Å². The van der Waals surface area contributed by atoms with E-state index in [9.17, 15) is 9.59 Å². The highest BCUT2D eigenvalue weighted by atomic mass is 16.5. The van der Waals surface area contributed by atoms with Crippen LogP contribution < -0.4 is 10.1 Å². The first-order valence-electron chi connectivity index (χ1n) is 11.8. The van der Waals surface area contributed by atoms with Crippen molar-refractivity contribution in [1.82, 2.24) is 14.9 Å². The summed E-state index contributed by atoms with van der Waals surface area (Å²) in [5, 5.41) is 2.84. The molecule has 4 rings (SSSR count). The lowest BCUT2D eigenvalue weighted by molar-refractivity contribution is -0.128. The summed E-state index contributed by atoms with van der Waals surface area (Å²) in [7, 11) is 1.84. The molecule has 0 fully saturated rings. The van der Waals surface area contributed by atoms with Gasteiger partial charge in [0.2, 0.25) is 5.91 Å². The largest absolute Gasteiger partial charge is 0.457 e. The number of imidazole rings is 1. The molecule has 0 aliphatic heterocycles. The predicted octanol–water partition coefficient (Wildman–Crippen LogP) is 4.27. The fourth-order valence-electron chi connectivity index (χ4n) is 3.68. The molecule has 0 radical (unpaired) electrons. The molecule has 7 heteroatoms. The number of nitrogens with one attached hydrogen (secondary N) is 1. The molecule has 0 unspecified atom stereocenters. The molecular weight excluding hydrogens is 454 g/mol. The summed E-state index contributed by atoms with van der Waals surface area (Å²) in [4.78, 5) is 30.0. The smallest absolute Gasteiger partial charge is 0.226 e. The first kappa shape index (κ1) is 24.9. The van der Waals surface area contributed by atoms with Gasteiger partial charge < -0.3 is 19.4 Å². The number of para-hydroxylation sites is 1. The molecule has 1 N–H and O–H groups in total. The molecule has 1 amide bonds. The second kappa shape index (κ2) is 12.5. The van der Waals surface area contributed by atoms with Crippen LogP contribution in [0, 0.1) is 0 Å². The Labute approximate surface area is 210 Å². The molecule has 1 atom stereocenters. The van der Waals surface area contributed by atoms with E-state index >= 15 is 0 Å². The van der Waals surface area contributed by atoms with E-state index in [1.54, 1.807) is 17.1 Å². The van der Waals surface area contributed by atoms with Gasteiger partial charge in [-0.15, -0.1) is 0 Å². The number of hydrogen-bond acceptors (Lipinski definition) is 5. The van der Waals surface area contributed by atoms with Crippen LogP contribution in [0.15, 0.2) is 97.5 Å². The molecule has 0 aliphatic rings. The molecule has 0 spiro atoms. The van der Waals surface area contributed by atoms with Crippen molar-refractivity contribution in [3.63, 3.8) is 0 Å². The van der Waals surface area contributed by atoms with Crippen molar-refractivity contribution >= 4 is 11.7 Å². The Morgan fingerprint density at radius 3 is 2.19 bits per heavy atom. The fourth-order valence-corrected chi connectivity index (χ4v) is 3.68. The van der Waals surface area contributed by atoms with Gasteiger partial charge in [-0.3, -0.25) is 9.59 Å². The van der Waals surface area contributed by atoms with Crippen molar-refractivity contribution in [1.29, 1.82) is 0 Å². The first-order chi connectivity index (χ1) is 17.5. The molecule has 184 valence electrons. The van der Waals surface area contributed by atoms with Gasteiger partial charge in [0.25, 0.3) is 0 Å². The lowest BCUT2D eigenvalue weighted by Gasteiger charge is -2.18. The number of aryl methyl sites for hydroxylation is 1. The quantitative estimate of drug-likeness (QED) is 0.325. The third-order valence-corrected chi connectivity index (χ3v) is 5.50. The predicted molar refractivity (Wildman–Crippen MR) is 137 cm³/mol. The standard InChI is InChI=1S/C29H29N3O4/c1-32-18-24(30-21-32)17-29(34)31-27(20-35-19-23-8-4-2-5-9-23)28(33)16-22-12-14-26(15-13-22)36-25-10-6-3-7-11-25/h2-15,18,21,27H,16-17,19-20H2,1H3,(H,31,34)/t27-/m0/s1. The maximum atomic E-state index is 13.2. The van der Waals surface area contributed by atoms with E-state index < -0.39 is 6.04 Å². The Balaban J connectivity index is 1.37. The minimum Gasteiger partial charge on any atom is -0.457 e. The zero-order valence-electron chi connectivity index (χ0n) is 20.2. The van der Waals surface area contributed by atoms with Crippen molar-refractivity contribution in [2.45, 2.75) is 25.5 Å². The number of Topliss-reactive ketones (excluding diaryl/α,β-unsaturated/α-hetero) is 1. The van der Waals surface area contributed by atoms with Crippen LogP contribution in [0.1, 0.15) is 16.8 Å². The highest BCUT2D eigenvalue weighted by Gasteiger charge is 2.22. The summed E-state index contributed by atoms with van der Waals surface area (Å²) in [5.74, 6) is 1.02. The topological polar surface area (TPSA) is 82.5 Å². The van der Waals surface area contributed by atoms with E-state index in [4.69, 9.17) is 9.47 Å². The van der Waals surface area contributed by atoms with E-state index in [-0.39, 0.29) is 31.1 Å². The van der Waals surface area contributed by atoms with Gasteiger partial charge in [0.05, 0.1) is 31.7 Å². The number of amides is 1. The van der Waals surface area contributed by atoms with E-state index in [0.29, 0.717) is 18.1 Å². The van der Waals surface area contributed by atoms with Gasteiger partial charge >= 0.3 is 0 Å². The average Bonchev–Trinajstić information content (AvgIpc) is 3.30. The second-order valence-electron chi connectivity index (χ2n) is 8.53. The Hall–Kier alpha value is -4.23. The summed E-state index contributed by atoms with van der Waals surface area (Å²) in [6, 6.07) is 25.8. The van der Waals surface area contributed by atoms with Crippen LogP contribution in [-0.2, 0) is 40.8 Å². The zero-order chi connectivity index (χ0) is 25.2. The molecule has 4 aromatic rings. The Morgan fingerprint density at radius 1 is 0.861 bits per heavy atom. The van der Waals surface area contributed by atoms with Crippen LogP contribution in [0.3, 0.4) is 0 Å². The zero-order valence-corrected chi connectivity index (χ0v) is 20.2. The highest BCUT2D eigenvalue weighted by molar-refractivity contribution is 5.91. The van der Waals surface area contributed by atoms with E-state index in [1.165, 1.54) is 0 Å². The number of ketones is 1. The Bertz CT molecular complexity index is 1250. The van der Waals surface area contributed by atoms with Crippen molar-refractivity contribution in [3.05, 3.63) is 114 Å². The molecule has 7 nitrogen and oxygen atoms in total. The van der Waals surface area contributed by atoms with Crippen LogP contribution in [0.25, 0.3) is 0 Å². The molecule has 3 aromatic carbocycles. The minimum absolute atomic E-state index is 0.0802. The number of ether oxygens (including phenoxy) is 2. The molecule has 0 saturated heterocycles. The number of aromatic nitrogens is 2. The fraction of sp³-hybridized carbons (Fsp3) is 0.207. The van der Waals surface area contributed by atoms with Crippen molar-refractivity contribution in [3.8, 4) is 11.5 Å². The third kappa shape index (κ3) is 7.65. The Kier molecular flexibility index (Phi) is 8.62. The number of hydrogen-bond donors (Lipinski definition) is 1. The molecular formula is C29H29N3O4. The summed E-state index contributed by atoms with van der Waals surface area (Å²) < 4.78 is 13.4. The molecule has 0 bridgehead atoms. The minimum atomic E-state index is -0.773. The highest BCUT2D eigenvalue weighted by Crippen LogP contribution is 2.21. The molecule has 0 aliphatic carbocycles. The second-order valence-corrected chi connectivity index (χ2v) is 8.53. The summed E-state index contributed by atoms with van der Waals surface area (Å²) >= 11 is 0. The number of nitrogens with zero attached hydrogens (tertiary/aromatic N) is 2. The van der Waals surface area contributed by atoms with E-state index in [2.05, 4.69) is 10.3 Å². The van der Waals surface area contributed by atoms with Crippen LogP contribution in [0.4, 0.5) is 0 Å². The summed E-state index contributed by atoms with van der Waals surface area (Å²) in [5.41, 5.74) is 2.46. The van der Waals surface area contributed by atoms with E-state index in [1.807, 2.05) is 92.0 Å². The van der Waals surface area contributed by atoms with Crippen LogP contribution in [0.5, 0.6) is 11.5 Å². The van der Waals surface area contributed by atoms with Crippen LogP contribution >= 0.6 is 0 Å². The first-order valence-corrected chi connectivity index (χ1v) is 11.8. The van der Waals surface area contributed by atoms with Crippen LogP contribution in [0.2, 0.25) is 0 Å². The normalized spacial score (nSPS) is 11.6. The Morgan fingerprint density at radius 2 is 1.53 bits per heavy atom. The van der Waals surface area contributed by atoms with Gasteiger partial charge in [0, 0.05) is 19.7 Å². The van der Waals surface area contributed by atoms with Gasteiger partial charge in [0.15, 0.2) is 5.78 Å². The number of rotatable bonds is 12. The molecule has 0 saturated carbocycles. The van der Waals surface area contributed by atoms with Gasteiger partial charge in [-0.2, -0.15) is 0 Å². The SMILES string of the molecule is Cn1cnc(CC(=O)N[C@@H](COCc2ccccc2)C(=O)Cc2ccc(Oc3ccccc3)cc2)c1. The monoisotopic (exact) mass is 483 g/mol. The third-order valence-electron chi connectivity index (χ3n) is 5.50. The number of carbonyl (C=O) groups excluding carboxylic acids is 2. The van der Waals surface area contributed by atoms with Gasteiger partial charge in [-0.1, -0.05) is 60.7 Å². The molecule has 36 heavy (non-hydrogen) atoms. The molecule has 1 heterocycles. The average molecular weight is 484 g/mol. The summed E-state index contributed by atoms with van der Waals surface area (Å²) in [6.45, 7) is 0.434. The van der Waals surface area contributed by atoms with Crippen molar-refractivity contribution < 1.29 is 19.1 Å². The van der Waals surface area contributed by atoms with Crippen molar-refractivity contribution in [2.75, 3.05) is 6.61 Å².